The maximum atomic E-state index is 12.3. The van der Waals surface area contributed by atoms with E-state index < -0.39 is 30.6 Å². The van der Waals surface area contributed by atoms with Crippen molar-refractivity contribution in [2.75, 3.05) is 0 Å². The summed E-state index contributed by atoms with van der Waals surface area (Å²) in [5.41, 5.74) is 0. The largest absolute Gasteiger partial charge is 0.374 e. The van der Waals surface area contributed by atoms with E-state index in [4.69, 9.17) is 0 Å². The average molecular weight is 254 g/mol. The molecule has 0 bridgehead atoms. The first-order valence-electron chi connectivity index (χ1n) is 4.92. The van der Waals surface area contributed by atoms with Gasteiger partial charge in [-0.05, 0) is 12.1 Å². The molecule has 16 heavy (non-hydrogen) atoms. The Morgan fingerprint density at radius 3 is 2.56 bits per heavy atom. The van der Waals surface area contributed by atoms with Gasteiger partial charge in [0.25, 0.3) is 0 Å². The second kappa shape index (κ2) is 3.12. The number of rotatable bonds is 2. The van der Waals surface area contributed by atoms with E-state index in [9.17, 15) is 13.5 Å². The Labute approximate surface area is 98.1 Å². The van der Waals surface area contributed by atoms with Gasteiger partial charge in [-0.1, -0.05) is 30.4 Å². The Bertz CT molecular complexity index is 525. The van der Waals surface area contributed by atoms with Gasteiger partial charge in [0, 0.05) is 11.3 Å². The molecule has 0 saturated carbocycles. The summed E-state index contributed by atoms with van der Waals surface area (Å²) < 4.78 is 23.0. The zero-order valence-electron chi connectivity index (χ0n) is 8.33. The van der Waals surface area contributed by atoms with Crippen LogP contribution in [0.15, 0.2) is 47.4 Å². The zero-order valence-corrected chi connectivity index (χ0v) is 9.96. The van der Waals surface area contributed by atoms with Crippen molar-refractivity contribution in [3.05, 3.63) is 42.5 Å². The minimum absolute atomic E-state index is 0.332. The summed E-state index contributed by atoms with van der Waals surface area (Å²) in [4.78, 5) is -0.688. The minimum atomic E-state index is -1.46. The van der Waals surface area contributed by atoms with Crippen molar-refractivity contribution in [3.63, 3.8) is 0 Å². The summed E-state index contributed by atoms with van der Waals surface area (Å²) in [7, 11) is -2.90. The molecule has 0 aromatic heterocycles. The fraction of sp³-hybridized carbons (Fsp3) is 0.273. The van der Waals surface area contributed by atoms with Crippen LogP contribution in [0.25, 0.3) is 0 Å². The van der Waals surface area contributed by atoms with E-state index >= 15 is 0 Å². The summed E-state index contributed by atoms with van der Waals surface area (Å²) in [6.07, 6.45) is 3.73. The third kappa shape index (κ3) is 1.01. The highest BCUT2D eigenvalue weighted by molar-refractivity contribution is 8.12. The lowest BCUT2D eigenvalue weighted by Gasteiger charge is -2.08. The molecule has 1 fully saturated rings. The van der Waals surface area contributed by atoms with Crippen LogP contribution < -0.4 is 0 Å². The molecule has 1 aromatic carbocycles. The van der Waals surface area contributed by atoms with Crippen LogP contribution in [-0.2, 0) is 21.6 Å². The van der Waals surface area contributed by atoms with Gasteiger partial charge >= 0.3 is 0 Å². The highest BCUT2D eigenvalue weighted by Gasteiger charge is 2.80. The molecule has 0 amide bonds. The van der Waals surface area contributed by atoms with Crippen LogP contribution in [0, 0.1) is 0 Å². The van der Waals surface area contributed by atoms with E-state index in [0.717, 1.165) is 0 Å². The molecule has 4 atom stereocenters. The summed E-state index contributed by atoms with van der Waals surface area (Å²) in [6.45, 7) is 0. The topological polar surface area (TPSA) is 54.4 Å². The molecular formula is C11H10O3S2. The molecule has 3 nitrogen and oxygen atoms in total. The number of hydrogen-bond acceptors (Lipinski definition) is 3. The molecule has 1 aliphatic carbocycles. The summed E-state index contributed by atoms with van der Waals surface area (Å²) in [6, 6.07) is 8.86. The normalized spacial score (nSPS) is 41.7. The highest BCUT2D eigenvalue weighted by atomic mass is 32.3. The Balaban J connectivity index is 2.05. The Morgan fingerprint density at radius 1 is 1.31 bits per heavy atom. The predicted octanol–water partition coefficient (Wildman–Crippen LogP) is 0.901. The van der Waals surface area contributed by atoms with Gasteiger partial charge in [0.15, 0.2) is 9.01 Å². The lowest BCUT2D eigenvalue weighted by molar-refractivity contribution is 0.180. The molecule has 4 unspecified atom stereocenters. The third-order valence-corrected chi connectivity index (χ3v) is 7.73. The molecule has 84 valence electrons. The smallest absolute Gasteiger partial charge is 0.187 e. The van der Waals surface area contributed by atoms with E-state index in [2.05, 4.69) is 0 Å². The van der Waals surface area contributed by atoms with Gasteiger partial charge in [0.05, 0.1) is 21.6 Å². The van der Waals surface area contributed by atoms with Gasteiger partial charge in [0.1, 0.15) is 0 Å². The molecule has 1 aliphatic heterocycles. The van der Waals surface area contributed by atoms with Gasteiger partial charge in [0.2, 0.25) is 0 Å². The standard InChI is InChI=1S/C11H10O3S2/c12-10-7-4-8-11(10,16(10)14)15(13)9-5-2-1-3-6-9/h1-6,8,12H,7H2. The van der Waals surface area contributed by atoms with Crippen molar-refractivity contribution in [2.24, 2.45) is 0 Å². The Morgan fingerprint density at radius 2 is 2.00 bits per heavy atom. The molecule has 5 heteroatoms. The zero-order chi connectivity index (χ0) is 11.4. The van der Waals surface area contributed by atoms with Gasteiger partial charge in [-0.15, -0.1) is 0 Å². The lowest BCUT2D eigenvalue weighted by Crippen LogP contribution is -2.24. The second-order valence-corrected chi connectivity index (χ2v) is 7.68. The number of benzene rings is 1. The fourth-order valence-electron chi connectivity index (χ4n) is 2.11. The Hall–Kier alpha value is -0.780. The molecule has 1 aromatic rings. The van der Waals surface area contributed by atoms with E-state index in [0.29, 0.717) is 11.3 Å². The number of hydrogen-bond donors (Lipinski definition) is 1. The van der Waals surface area contributed by atoms with Crippen LogP contribution in [0.2, 0.25) is 0 Å². The first kappa shape index (κ1) is 10.4. The Kier molecular flexibility index (Phi) is 2.02. The van der Waals surface area contributed by atoms with E-state index in [1.165, 1.54) is 0 Å². The van der Waals surface area contributed by atoms with E-state index in [1.54, 1.807) is 36.4 Å². The summed E-state index contributed by atoms with van der Waals surface area (Å²) >= 11 is 0. The van der Waals surface area contributed by atoms with E-state index in [1.807, 2.05) is 6.07 Å². The summed E-state index contributed by atoms with van der Waals surface area (Å²) in [5.74, 6) is 0. The van der Waals surface area contributed by atoms with E-state index in [-0.39, 0.29) is 0 Å². The highest BCUT2D eigenvalue weighted by Crippen LogP contribution is 2.61. The monoisotopic (exact) mass is 254 g/mol. The van der Waals surface area contributed by atoms with Crippen molar-refractivity contribution in [1.82, 2.24) is 0 Å². The van der Waals surface area contributed by atoms with Crippen LogP contribution in [0.5, 0.6) is 0 Å². The van der Waals surface area contributed by atoms with Gasteiger partial charge in [-0.3, -0.25) is 8.42 Å². The van der Waals surface area contributed by atoms with Crippen LogP contribution in [0.3, 0.4) is 0 Å². The van der Waals surface area contributed by atoms with Crippen LogP contribution >= 0.6 is 0 Å². The molecule has 2 aliphatic rings. The second-order valence-electron chi connectivity index (χ2n) is 3.91. The van der Waals surface area contributed by atoms with Crippen LogP contribution in [0.4, 0.5) is 0 Å². The van der Waals surface area contributed by atoms with Gasteiger partial charge in [-0.2, -0.15) is 0 Å². The summed E-state index contributed by atoms with van der Waals surface area (Å²) in [5, 5.41) is 10.1. The third-order valence-electron chi connectivity index (χ3n) is 3.05. The first-order valence-corrected chi connectivity index (χ1v) is 7.22. The lowest BCUT2D eigenvalue weighted by atomic mass is 10.3. The number of fused-ring (bicyclic) bond motifs is 1. The van der Waals surface area contributed by atoms with Crippen molar-refractivity contribution in [3.8, 4) is 0 Å². The van der Waals surface area contributed by atoms with Crippen molar-refractivity contribution < 1.29 is 13.5 Å². The molecule has 3 rings (SSSR count). The van der Waals surface area contributed by atoms with Crippen molar-refractivity contribution >= 4 is 21.6 Å². The maximum Gasteiger partial charge on any atom is 0.187 e. The van der Waals surface area contributed by atoms with Gasteiger partial charge in [-0.25, -0.2) is 0 Å². The molecule has 1 N–H and O–H groups in total. The molecular weight excluding hydrogens is 244 g/mol. The molecule has 1 heterocycles. The predicted molar refractivity (Wildman–Crippen MR) is 62.4 cm³/mol. The van der Waals surface area contributed by atoms with Crippen molar-refractivity contribution in [1.29, 1.82) is 0 Å². The maximum absolute atomic E-state index is 12.3. The van der Waals surface area contributed by atoms with Crippen LogP contribution in [-0.4, -0.2) is 22.5 Å². The molecule has 0 spiro atoms. The van der Waals surface area contributed by atoms with Gasteiger partial charge < -0.3 is 5.11 Å². The first-order chi connectivity index (χ1) is 7.63. The number of aliphatic hydroxyl groups is 1. The fourth-order valence-corrected chi connectivity index (χ4v) is 6.42. The average Bonchev–Trinajstić information content (AvgIpc) is 2.63. The molecule has 1 saturated heterocycles. The quantitative estimate of drug-likeness (QED) is 0.630. The minimum Gasteiger partial charge on any atom is -0.374 e. The van der Waals surface area contributed by atoms with Crippen molar-refractivity contribution in [2.45, 2.75) is 20.3 Å². The van der Waals surface area contributed by atoms with Crippen LogP contribution in [0.1, 0.15) is 6.42 Å². The molecule has 0 radical (unpaired) electrons. The SMILES string of the molecule is O=S(c1ccccc1)C12C=CCC1(O)S2=O.